The van der Waals surface area contributed by atoms with Crippen molar-refractivity contribution in [2.45, 2.75) is 25.8 Å². The van der Waals surface area contributed by atoms with Crippen LogP contribution in [0.4, 0.5) is 0 Å². The molecule has 0 unspecified atom stereocenters. The molecule has 118 valence electrons. The van der Waals surface area contributed by atoms with E-state index in [1.165, 1.54) is 16.5 Å². The van der Waals surface area contributed by atoms with Crippen LogP contribution < -0.4 is 0 Å². The summed E-state index contributed by atoms with van der Waals surface area (Å²) in [7, 11) is 1.85. The van der Waals surface area contributed by atoms with Gasteiger partial charge in [-0.2, -0.15) is 0 Å². The lowest BCUT2D eigenvalue weighted by Gasteiger charge is -2.09. The molecule has 1 aromatic carbocycles. The fourth-order valence-electron chi connectivity index (χ4n) is 3.07. The van der Waals surface area contributed by atoms with Crippen molar-refractivity contribution in [1.82, 2.24) is 14.1 Å². The molecule has 0 saturated carbocycles. The first-order valence-electron chi connectivity index (χ1n) is 7.81. The predicted molar refractivity (Wildman–Crippen MR) is 92.7 cm³/mol. The number of hydrogen-bond donors (Lipinski definition) is 0. The zero-order valence-electron chi connectivity index (χ0n) is 13.6. The van der Waals surface area contributed by atoms with Gasteiger partial charge in [-0.05, 0) is 17.5 Å². The Kier molecular flexibility index (Phi) is 4.15. The van der Waals surface area contributed by atoms with Crippen LogP contribution in [0.5, 0.6) is 0 Å². The minimum Gasteiger partial charge on any atom is -0.343 e. The van der Waals surface area contributed by atoms with Crippen LogP contribution in [0, 0.1) is 0 Å². The van der Waals surface area contributed by atoms with Gasteiger partial charge in [-0.3, -0.25) is 4.79 Å². The number of ketones is 1. The van der Waals surface area contributed by atoms with Gasteiger partial charge in [-0.15, -0.1) is 6.58 Å². The van der Waals surface area contributed by atoms with Gasteiger partial charge < -0.3 is 9.13 Å². The molecule has 3 rings (SSSR count). The molecule has 1 atom stereocenters. The van der Waals surface area contributed by atoms with Crippen molar-refractivity contribution in [2.75, 3.05) is 0 Å². The Morgan fingerprint density at radius 1 is 1.39 bits per heavy atom. The number of aryl methyl sites for hydroxylation is 1. The van der Waals surface area contributed by atoms with E-state index in [9.17, 15) is 4.79 Å². The highest BCUT2D eigenvalue weighted by atomic mass is 16.1. The van der Waals surface area contributed by atoms with Crippen LogP contribution in [0.15, 0.2) is 55.5 Å². The number of hydrogen-bond acceptors (Lipinski definition) is 2. The maximum atomic E-state index is 12.5. The molecule has 0 radical (unpaired) electrons. The van der Waals surface area contributed by atoms with Crippen molar-refractivity contribution in [3.8, 4) is 0 Å². The third kappa shape index (κ3) is 2.84. The molecular weight excluding hydrogens is 286 g/mol. The molecule has 4 nitrogen and oxygen atoms in total. The third-order valence-electron chi connectivity index (χ3n) is 4.24. The number of rotatable bonds is 6. The van der Waals surface area contributed by atoms with Crippen molar-refractivity contribution in [2.24, 2.45) is 7.05 Å². The SMILES string of the molecule is C=CCn1cc([C@H](C)CC(=O)c2nccn2C)c2ccccc21. The molecule has 0 spiro atoms. The monoisotopic (exact) mass is 307 g/mol. The standard InChI is InChI=1S/C19H21N3O/c1-4-10-22-13-16(15-7-5-6-8-17(15)22)14(2)12-18(23)19-20-9-11-21(19)3/h4-9,11,13-14H,1,10,12H2,2-3H3/t14-/m1/s1. The minimum absolute atomic E-state index is 0.0746. The fraction of sp³-hybridized carbons (Fsp3) is 0.263. The van der Waals surface area contributed by atoms with Crippen LogP contribution in [0.25, 0.3) is 10.9 Å². The van der Waals surface area contributed by atoms with Crippen LogP contribution in [0.2, 0.25) is 0 Å². The number of carbonyl (C=O) groups excluding carboxylic acids is 1. The number of allylic oxidation sites excluding steroid dienone is 1. The summed E-state index contributed by atoms with van der Waals surface area (Å²) in [4.78, 5) is 16.6. The predicted octanol–water partition coefficient (Wildman–Crippen LogP) is 3.94. The molecule has 0 bridgehead atoms. The van der Waals surface area contributed by atoms with E-state index in [-0.39, 0.29) is 11.7 Å². The number of para-hydroxylation sites is 1. The number of nitrogens with zero attached hydrogens (tertiary/aromatic N) is 3. The molecule has 3 aromatic rings. The molecular formula is C19H21N3O. The maximum Gasteiger partial charge on any atom is 0.198 e. The Balaban J connectivity index is 1.92. The highest BCUT2D eigenvalue weighted by molar-refractivity contribution is 5.94. The Morgan fingerprint density at radius 3 is 2.87 bits per heavy atom. The lowest BCUT2D eigenvalue weighted by molar-refractivity contribution is 0.0963. The Labute approximate surface area is 136 Å². The summed E-state index contributed by atoms with van der Waals surface area (Å²) >= 11 is 0. The lowest BCUT2D eigenvalue weighted by atomic mass is 9.95. The van der Waals surface area contributed by atoms with E-state index < -0.39 is 0 Å². The highest BCUT2D eigenvalue weighted by Gasteiger charge is 2.19. The lowest BCUT2D eigenvalue weighted by Crippen LogP contribution is -2.10. The van der Waals surface area contributed by atoms with Crippen LogP contribution in [0.3, 0.4) is 0 Å². The number of imidazole rings is 1. The molecule has 4 heteroatoms. The minimum atomic E-state index is 0.0746. The number of Topliss-reactive ketones (excluding diaryl/α,β-unsaturated/α-hetero) is 1. The Morgan fingerprint density at radius 2 is 2.17 bits per heavy atom. The first kappa shape index (κ1) is 15.3. The first-order valence-corrected chi connectivity index (χ1v) is 7.81. The summed E-state index contributed by atoms with van der Waals surface area (Å²) in [6, 6.07) is 8.30. The third-order valence-corrected chi connectivity index (χ3v) is 4.24. The molecule has 2 heterocycles. The van der Waals surface area contributed by atoms with Crippen molar-refractivity contribution in [1.29, 1.82) is 0 Å². The zero-order valence-corrected chi connectivity index (χ0v) is 13.6. The number of carbonyl (C=O) groups is 1. The van der Waals surface area contributed by atoms with Gasteiger partial charge in [0.05, 0.1) is 0 Å². The summed E-state index contributed by atoms with van der Waals surface area (Å²) in [5.41, 5.74) is 2.38. The fourth-order valence-corrected chi connectivity index (χ4v) is 3.07. The Hall–Kier alpha value is -2.62. The van der Waals surface area contributed by atoms with Gasteiger partial charge in [-0.25, -0.2) is 4.98 Å². The van der Waals surface area contributed by atoms with Gasteiger partial charge >= 0.3 is 0 Å². The summed E-state index contributed by atoms with van der Waals surface area (Å²) < 4.78 is 3.95. The zero-order chi connectivity index (χ0) is 16.4. The molecule has 0 aliphatic heterocycles. The van der Waals surface area contributed by atoms with Crippen LogP contribution >= 0.6 is 0 Å². The average molecular weight is 307 g/mol. The maximum absolute atomic E-state index is 12.5. The van der Waals surface area contributed by atoms with Gasteiger partial charge in [0, 0.05) is 49.5 Å². The van der Waals surface area contributed by atoms with Crippen molar-refractivity contribution >= 4 is 16.7 Å². The van der Waals surface area contributed by atoms with Crippen molar-refractivity contribution in [3.05, 3.63) is 66.9 Å². The van der Waals surface area contributed by atoms with Gasteiger partial charge in [0.25, 0.3) is 0 Å². The smallest absolute Gasteiger partial charge is 0.198 e. The molecule has 0 aliphatic carbocycles. The molecule has 0 amide bonds. The average Bonchev–Trinajstić information content (AvgIpc) is 3.12. The summed E-state index contributed by atoms with van der Waals surface area (Å²) in [5, 5.41) is 1.20. The summed E-state index contributed by atoms with van der Waals surface area (Å²) in [5.74, 6) is 0.729. The summed E-state index contributed by atoms with van der Waals surface area (Å²) in [6.07, 6.45) is 7.94. The van der Waals surface area contributed by atoms with E-state index in [0.29, 0.717) is 12.2 Å². The summed E-state index contributed by atoms with van der Waals surface area (Å²) in [6.45, 7) is 6.69. The largest absolute Gasteiger partial charge is 0.343 e. The van der Waals surface area contributed by atoms with E-state index in [1.807, 2.05) is 25.3 Å². The normalized spacial score (nSPS) is 12.4. The van der Waals surface area contributed by atoms with Gasteiger partial charge in [0.2, 0.25) is 0 Å². The van der Waals surface area contributed by atoms with Crippen molar-refractivity contribution < 1.29 is 4.79 Å². The van der Waals surface area contributed by atoms with E-state index in [4.69, 9.17) is 0 Å². The second-order valence-corrected chi connectivity index (χ2v) is 5.93. The number of benzene rings is 1. The molecule has 2 aromatic heterocycles. The quantitative estimate of drug-likeness (QED) is 0.511. The molecule has 0 N–H and O–H groups in total. The number of aromatic nitrogens is 3. The molecule has 0 fully saturated rings. The topological polar surface area (TPSA) is 39.8 Å². The highest BCUT2D eigenvalue weighted by Crippen LogP contribution is 2.30. The first-order chi connectivity index (χ1) is 11.1. The second-order valence-electron chi connectivity index (χ2n) is 5.93. The molecule has 0 saturated heterocycles. The van der Waals surface area contributed by atoms with Gasteiger partial charge in [0.1, 0.15) is 0 Å². The molecule has 23 heavy (non-hydrogen) atoms. The van der Waals surface area contributed by atoms with Crippen LogP contribution in [-0.4, -0.2) is 19.9 Å². The van der Waals surface area contributed by atoms with Crippen molar-refractivity contribution in [3.63, 3.8) is 0 Å². The Bertz CT molecular complexity index is 857. The van der Waals surface area contributed by atoms with E-state index in [2.05, 4.69) is 41.4 Å². The van der Waals surface area contributed by atoms with Gasteiger partial charge in [-0.1, -0.05) is 31.2 Å². The second kappa shape index (κ2) is 6.24. The van der Waals surface area contributed by atoms with E-state index in [0.717, 1.165) is 6.54 Å². The van der Waals surface area contributed by atoms with Gasteiger partial charge in [0.15, 0.2) is 11.6 Å². The van der Waals surface area contributed by atoms with Crippen LogP contribution in [-0.2, 0) is 13.6 Å². The van der Waals surface area contributed by atoms with E-state index in [1.54, 1.807) is 17.0 Å². The molecule has 0 aliphatic rings. The number of fused-ring (bicyclic) bond motifs is 1. The van der Waals surface area contributed by atoms with E-state index >= 15 is 0 Å². The van der Waals surface area contributed by atoms with Crippen LogP contribution in [0.1, 0.15) is 35.4 Å².